The molecule has 0 aliphatic carbocycles. The zero-order valence-electron chi connectivity index (χ0n) is 14.4. The summed E-state index contributed by atoms with van der Waals surface area (Å²) in [6.07, 6.45) is -26.2. The summed E-state index contributed by atoms with van der Waals surface area (Å²) in [4.78, 5) is 0. The SMILES string of the molecule is CC(O)C(O)C(O)C(O)C(O)C(O)C(O)C(O)C(O)C(O)C(O)C(O)CO. The van der Waals surface area contributed by atoms with E-state index in [-0.39, 0.29) is 0 Å². The zero-order chi connectivity index (χ0) is 21.6. The number of hydrogen-bond donors (Lipinski definition) is 13. The van der Waals surface area contributed by atoms with E-state index >= 15 is 0 Å². The van der Waals surface area contributed by atoms with Crippen molar-refractivity contribution in [3.05, 3.63) is 0 Å². The molecule has 13 nitrogen and oxygen atoms in total. The Morgan fingerprint density at radius 3 is 0.852 bits per heavy atom. The van der Waals surface area contributed by atoms with Gasteiger partial charge in [0.05, 0.1) is 12.7 Å². The average Bonchev–Trinajstić information content (AvgIpc) is 2.66. The van der Waals surface area contributed by atoms with E-state index in [1.165, 1.54) is 0 Å². The molecule has 0 aromatic rings. The van der Waals surface area contributed by atoms with Gasteiger partial charge < -0.3 is 66.4 Å². The van der Waals surface area contributed by atoms with Crippen LogP contribution in [0.4, 0.5) is 0 Å². The number of rotatable bonds is 12. The first-order valence-corrected chi connectivity index (χ1v) is 8.07. The van der Waals surface area contributed by atoms with E-state index in [4.69, 9.17) is 10.2 Å². The van der Waals surface area contributed by atoms with E-state index in [0.717, 1.165) is 6.92 Å². The van der Waals surface area contributed by atoms with Gasteiger partial charge in [0.1, 0.15) is 67.1 Å². The molecule has 0 aromatic carbocycles. The minimum Gasteiger partial charge on any atom is -0.394 e. The first kappa shape index (κ1) is 26.5. The van der Waals surface area contributed by atoms with Crippen molar-refractivity contribution in [1.29, 1.82) is 0 Å². The molecule has 0 rings (SSSR count). The molecule has 0 heterocycles. The van der Waals surface area contributed by atoms with Crippen molar-refractivity contribution < 1.29 is 66.4 Å². The molecule has 12 atom stereocenters. The lowest BCUT2D eigenvalue weighted by molar-refractivity contribution is -0.199. The van der Waals surface area contributed by atoms with E-state index in [1.54, 1.807) is 0 Å². The van der Waals surface area contributed by atoms with Crippen LogP contribution < -0.4 is 0 Å². The number of aliphatic hydroxyl groups excluding tert-OH is 13. The fourth-order valence-corrected chi connectivity index (χ4v) is 2.24. The Morgan fingerprint density at radius 2 is 0.630 bits per heavy atom. The van der Waals surface area contributed by atoms with Crippen molar-refractivity contribution in [3.8, 4) is 0 Å². The third-order valence-electron chi connectivity index (χ3n) is 4.22. The topological polar surface area (TPSA) is 263 Å². The maximum atomic E-state index is 9.80. The van der Waals surface area contributed by atoms with Crippen molar-refractivity contribution in [1.82, 2.24) is 0 Å². The molecule has 0 aromatic heterocycles. The van der Waals surface area contributed by atoms with Crippen LogP contribution in [0.15, 0.2) is 0 Å². The van der Waals surface area contributed by atoms with Gasteiger partial charge in [-0.05, 0) is 6.92 Å². The van der Waals surface area contributed by atoms with Crippen LogP contribution in [0.3, 0.4) is 0 Å². The largest absolute Gasteiger partial charge is 0.394 e. The molecule has 13 heteroatoms. The van der Waals surface area contributed by atoms with E-state index < -0.39 is 79.9 Å². The van der Waals surface area contributed by atoms with Gasteiger partial charge in [-0.25, -0.2) is 0 Å². The normalized spacial score (nSPS) is 26.0. The van der Waals surface area contributed by atoms with E-state index in [0.29, 0.717) is 0 Å². The van der Waals surface area contributed by atoms with Gasteiger partial charge in [0.25, 0.3) is 0 Å². The van der Waals surface area contributed by atoms with Crippen LogP contribution in [0, 0.1) is 0 Å². The molecule has 12 unspecified atom stereocenters. The summed E-state index contributed by atoms with van der Waals surface area (Å²) < 4.78 is 0. The van der Waals surface area contributed by atoms with Crippen molar-refractivity contribution >= 4 is 0 Å². The third-order valence-corrected chi connectivity index (χ3v) is 4.22. The Morgan fingerprint density at radius 1 is 0.407 bits per heavy atom. The van der Waals surface area contributed by atoms with Crippen molar-refractivity contribution in [3.63, 3.8) is 0 Å². The fourth-order valence-electron chi connectivity index (χ4n) is 2.24. The van der Waals surface area contributed by atoms with Gasteiger partial charge in [-0.15, -0.1) is 0 Å². The molecule has 0 bridgehead atoms. The molecule has 0 fully saturated rings. The summed E-state index contributed by atoms with van der Waals surface area (Å²) in [5.41, 5.74) is 0. The van der Waals surface area contributed by atoms with Gasteiger partial charge >= 0.3 is 0 Å². The average molecular weight is 406 g/mol. The number of aliphatic hydroxyl groups is 13. The number of hydrogen-bond acceptors (Lipinski definition) is 13. The maximum Gasteiger partial charge on any atom is 0.111 e. The zero-order valence-corrected chi connectivity index (χ0v) is 14.4. The quantitative estimate of drug-likeness (QED) is 0.144. The summed E-state index contributed by atoms with van der Waals surface area (Å²) in [6.45, 7) is 0.0620. The van der Waals surface area contributed by atoms with Gasteiger partial charge in [-0.2, -0.15) is 0 Å². The first-order chi connectivity index (χ1) is 12.3. The summed E-state index contributed by atoms with van der Waals surface area (Å²) in [5.74, 6) is 0. The predicted molar refractivity (Wildman–Crippen MR) is 84.8 cm³/mol. The van der Waals surface area contributed by atoms with Gasteiger partial charge in [0, 0.05) is 0 Å². The van der Waals surface area contributed by atoms with Crippen LogP contribution in [0.25, 0.3) is 0 Å². The third kappa shape index (κ3) is 6.79. The Labute approximate surface area is 154 Å². The standard InChI is InChI=1S/C14H30O13/c1-3(16)5(18)7(20)9(22)11(24)13(26)14(27)12(25)10(23)8(21)6(19)4(17)2-15/h3-27H,2H2,1H3. The van der Waals surface area contributed by atoms with Gasteiger partial charge in [-0.1, -0.05) is 0 Å². The van der Waals surface area contributed by atoms with Crippen LogP contribution in [0.1, 0.15) is 6.92 Å². The molecule has 27 heavy (non-hydrogen) atoms. The Hall–Kier alpha value is -0.520. The molecule has 0 aliphatic heterocycles. The van der Waals surface area contributed by atoms with Crippen LogP contribution in [0.5, 0.6) is 0 Å². The molecular formula is C14H30O13. The second-order valence-electron chi connectivity index (χ2n) is 6.40. The molecule has 13 N–H and O–H groups in total. The summed E-state index contributed by atoms with van der Waals surface area (Å²) >= 11 is 0. The fraction of sp³-hybridized carbons (Fsp3) is 1.00. The van der Waals surface area contributed by atoms with Crippen molar-refractivity contribution in [2.75, 3.05) is 6.61 Å². The molecule has 164 valence electrons. The van der Waals surface area contributed by atoms with Crippen molar-refractivity contribution in [2.45, 2.75) is 80.2 Å². The minimum atomic E-state index is -2.44. The lowest BCUT2D eigenvalue weighted by Crippen LogP contribution is -2.59. The summed E-state index contributed by atoms with van der Waals surface area (Å²) in [6, 6.07) is 0. The van der Waals surface area contributed by atoms with E-state index in [9.17, 15) is 56.2 Å². The second kappa shape index (κ2) is 11.5. The first-order valence-electron chi connectivity index (χ1n) is 8.07. The summed E-state index contributed by atoms with van der Waals surface area (Å²) in [5, 5.41) is 124. The lowest BCUT2D eigenvalue weighted by Gasteiger charge is -2.35. The highest BCUT2D eigenvalue weighted by atomic mass is 16.4. The molecule has 0 spiro atoms. The van der Waals surface area contributed by atoms with Gasteiger partial charge in [-0.3, -0.25) is 0 Å². The Bertz CT molecular complexity index is 410. The molecule has 0 saturated heterocycles. The monoisotopic (exact) mass is 406 g/mol. The van der Waals surface area contributed by atoms with Gasteiger partial charge in [0.2, 0.25) is 0 Å². The highest BCUT2D eigenvalue weighted by molar-refractivity contribution is 4.94. The van der Waals surface area contributed by atoms with Crippen LogP contribution in [0.2, 0.25) is 0 Å². The van der Waals surface area contributed by atoms with Crippen LogP contribution in [-0.4, -0.2) is 146 Å². The maximum absolute atomic E-state index is 9.80. The van der Waals surface area contributed by atoms with Crippen LogP contribution in [-0.2, 0) is 0 Å². The summed E-state index contributed by atoms with van der Waals surface area (Å²) in [7, 11) is 0. The highest BCUT2D eigenvalue weighted by Gasteiger charge is 2.44. The lowest BCUT2D eigenvalue weighted by atomic mass is 9.89. The smallest absolute Gasteiger partial charge is 0.111 e. The van der Waals surface area contributed by atoms with E-state index in [1.807, 2.05) is 0 Å². The molecule has 0 radical (unpaired) electrons. The van der Waals surface area contributed by atoms with E-state index in [2.05, 4.69) is 0 Å². The highest BCUT2D eigenvalue weighted by Crippen LogP contribution is 2.18. The second-order valence-corrected chi connectivity index (χ2v) is 6.40. The predicted octanol–water partition coefficient (Wildman–Crippen LogP) is -7.67. The molecule has 0 aliphatic rings. The minimum absolute atomic E-state index is 0.999. The van der Waals surface area contributed by atoms with Gasteiger partial charge in [0.15, 0.2) is 0 Å². The van der Waals surface area contributed by atoms with Crippen molar-refractivity contribution in [2.24, 2.45) is 0 Å². The molecular weight excluding hydrogens is 376 g/mol. The molecule has 0 saturated carbocycles. The molecule has 0 amide bonds. The Balaban J connectivity index is 5.06. The Kier molecular flexibility index (Phi) is 11.3. The van der Waals surface area contributed by atoms with Crippen LogP contribution >= 0.6 is 0 Å².